The van der Waals surface area contributed by atoms with Crippen molar-refractivity contribution in [1.29, 1.82) is 0 Å². The topological polar surface area (TPSA) is 131 Å². The highest BCUT2D eigenvalue weighted by molar-refractivity contribution is 6.15. The molecule has 9 nitrogen and oxygen atoms in total. The van der Waals surface area contributed by atoms with E-state index in [0.717, 1.165) is 4.90 Å². The van der Waals surface area contributed by atoms with Gasteiger partial charge in [0.15, 0.2) is 0 Å². The summed E-state index contributed by atoms with van der Waals surface area (Å²) in [5.41, 5.74) is 4.28. The number of fused-ring (bicyclic) bond motifs is 4. The Morgan fingerprint density at radius 3 is 2.75 bits per heavy atom. The van der Waals surface area contributed by atoms with Crippen molar-refractivity contribution in [2.24, 2.45) is 17.6 Å². The molecule has 0 saturated carbocycles. The van der Waals surface area contributed by atoms with E-state index in [-0.39, 0.29) is 25.1 Å². The molecule has 10 heteroatoms. The Hall–Kier alpha value is -2.85. The summed E-state index contributed by atoms with van der Waals surface area (Å²) in [6, 6.07) is 2.93. The number of halogens is 1. The number of likely N-dealkylation sites (tertiary alicyclic amines) is 1. The molecule has 0 radical (unpaired) electrons. The largest absolute Gasteiger partial charge is 0.383 e. The van der Waals surface area contributed by atoms with Crippen LogP contribution in [0.1, 0.15) is 12.0 Å². The molecule has 1 aromatic rings. The van der Waals surface area contributed by atoms with E-state index >= 15 is 0 Å². The molecular formula is C18H19FN4O5. The zero-order chi connectivity index (χ0) is 20.2. The monoisotopic (exact) mass is 390 g/mol. The first-order chi connectivity index (χ1) is 13.3. The normalized spacial score (nSPS) is 30.7. The molecule has 3 aliphatic heterocycles. The maximum Gasteiger partial charge on any atom is 0.250 e. The second-order valence-electron chi connectivity index (χ2n) is 7.20. The number of nitrogens with two attached hydrogens (primary N) is 1. The minimum atomic E-state index is -1.64. The molecule has 28 heavy (non-hydrogen) atoms. The summed E-state index contributed by atoms with van der Waals surface area (Å²) in [6.45, 7) is 0.160. The Labute approximate surface area is 159 Å². The highest BCUT2D eigenvalue weighted by atomic mass is 19.1. The minimum absolute atomic E-state index is 0.0260. The first-order valence-electron chi connectivity index (χ1n) is 8.83. The van der Waals surface area contributed by atoms with Gasteiger partial charge in [-0.05, 0) is 18.2 Å². The summed E-state index contributed by atoms with van der Waals surface area (Å²) in [4.78, 5) is 51.7. The van der Waals surface area contributed by atoms with Crippen molar-refractivity contribution in [3.8, 4) is 0 Å². The first kappa shape index (κ1) is 18.5. The molecule has 0 bridgehead atoms. The second kappa shape index (κ2) is 6.35. The molecule has 1 aromatic carbocycles. The molecule has 4 amide bonds. The van der Waals surface area contributed by atoms with Gasteiger partial charge in [-0.15, -0.1) is 0 Å². The van der Waals surface area contributed by atoms with Crippen LogP contribution in [0.25, 0.3) is 0 Å². The fourth-order valence-electron chi connectivity index (χ4n) is 4.63. The number of carbonyl (C=O) groups is 4. The van der Waals surface area contributed by atoms with Gasteiger partial charge >= 0.3 is 0 Å². The van der Waals surface area contributed by atoms with Crippen LogP contribution in [0.3, 0.4) is 0 Å². The predicted octanol–water partition coefficient (Wildman–Crippen LogP) is -0.932. The van der Waals surface area contributed by atoms with Gasteiger partial charge < -0.3 is 15.8 Å². The van der Waals surface area contributed by atoms with E-state index in [1.165, 1.54) is 25.3 Å². The lowest BCUT2D eigenvalue weighted by Crippen LogP contribution is -2.53. The van der Waals surface area contributed by atoms with E-state index in [4.69, 9.17) is 10.5 Å². The van der Waals surface area contributed by atoms with E-state index in [2.05, 4.69) is 10.6 Å². The number of ether oxygens (including phenoxy) is 1. The number of carbonyl (C=O) groups excluding carboxylic acids is 4. The van der Waals surface area contributed by atoms with Crippen LogP contribution in [0.2, 0.25) is 0 Å². The van der Waals surface area contributed by atoms with E-state index < -0.39 is 52.9 Å². The van der Waals surface area contributed by atoms with Crippen LogP contribution in [-0.2, 0) is 29.5 Å². The standard InChI is InChI=1S/C18H19FN4O5/c1-28-5-4-23-15(25)13-11(7-12(20)24)22-18(14(13)16(23)26)9-6-8(19)2-3-10(9)21-17(18)27/h2-3,6,11,13-14,22H,4-5,7H2,1H3,(H2,20,24)(H,21,27)/t11-,13+,14+,18-/m1/s1. The van der Waals surface area contributed by atoms with E-state index in [1.807, 2.05) is 0 Å². The van der Waals surface area contributed by atoms with Crippen molar-refractivity contribution in [2.75, 3.05) is 25.6 Å². The molecule has 4 N–H and O–H groups in total. The van der Waals surface area contributed by atoms with Gasteiger partial charge in [0.05, 0.1) is 25.0 Å². The highest BCUT2D eigenvalue weighted by Crippen LogP contribution is 2.53. The number of anilines is 1. The van der Waals surface area contributed by atoms with Crippen molar-refractivity contribution in [3.05, 3.63) is 29.6 Å². The van der Waals surface area contributed by atoms with Gasteiger partial charge in [0.1, 0.15) is 11.4 Å². The van der Waals surface area contributed by atoms with Crippen molar-refractivity contribution < 1.29 is 28.3 Å². The van der Waals surface area contributed by atoms with E-state index in [9.17, 15) is 23.6 Å². The first-order valence-corrected chi connectivity index (χ1v) is 8.83. The van der Waals surface area contributed by atoms with Crippen LogP contribution in [0.5, 0.6) is 0 Å². The Balaban J connectivity index is 1.85. The summed E-state index contributed by atoms with van der Waals surface area (Å²) in [7, 11) is 1.44. The van der Waals surface area contributed by atoms with Gasteiger partial charge in [-0.3, -0.25) is 29.4 Å². The van der Waals surface area contributed by atoms with Gasteiger partial charge in [0.2, 0.25) is 23.6 Å². The SMILES string of the molecule is COCCN1C(=O)[C@@H]2[C@@H](C1=O)[C@@]1(N[C@@H]2CC(N)=O)C(=O)Nc2ccc(F)cc21. The third-order valence-electron chi connectivity index (χ3n) is 5.71. The number of nitrogens with one attached hydrogen (secondary N) is 2. The second-order valence-corrected chi connectivity index (χ2v) is 7.20. The van der Waals surface area contributed by atoms with Crippen LogP contribution in [0, 0.1) is 17.7 Å². The average Bonchev–Trinajstić information content (AvgIpc) is 3.19. The molecule has 0 unspecified atom stereocenters. The molecule has 0 aliphatic carbocycles. The van der Waals surface area contributed by atoms with E-state index in [1.54, 1.807) is 0 Å². The molecule has 4 atom stereocenters. The minimum Gasteiger partial charge on any atom is -0.383 e. The van der Waals surface area contributed by atoms with Gasteiger partial charge in [0.25, 0.3) is 0 Å². The molecular weight excluding hydrogens is 371 g/mol. The number of hydrogen-bond acceptors (Lipinski definition) is 6. The quantitative estimate of drug-likeness (QED) is 0.557. The number of primary amides is 1. The molecule has 2 fully saturated rings. The van der Waals surface area contributed by atoms with E-state index in [0.29, 0.717) is 5.69 Å². The number of benzene rings is 1. The third-order valence-corrected chi connectivity index (χ3v) is 5.71. The molecule has 3 aliphatic rings. The number of nitrogens with zero attached hydrogens (tertiary/aromatic N) is 1. The summed E-state index contributed by atoms with van der Waals surface area (Å²) >= 11 is 0. The van der Waals surface area contributed by atoms with Crippen molar-refractivity contribution >= 4 is 29.3 Å². The van der Waals surface area contributed by atoms with Crippen LogP contribution in [0.15, 0.2) is 18.2 Å². The van der Waals surface area contributed by atoms with Gasteiger partial charge in [0, 0.05) is 30.8 Å². The summed E-state index contributed by atoms with van der Waals surface area (Å²) in [6.07, 6.45) is -0.238. The number of rotatable bonds is 5. The number of hydrogen-bond donors (Lipinski definition) is 3. The zero-order valence-electron chi connectivity index (χ0n) is 15.0. The summed E-state index contributed by atoms with van der Waals surface area (Å²) in [5, 5.41) is 5.64. The molecule has 148 valence electrons. The Morgan fingerprint density at radius 1 is 1.32 bits per heavy atom. The van der Waals surface area contributed by atoms with Crippen molar-refractivity contribution in [3.63, 3.8) is 0 Å². The maximum absolute atomic E-state index is 14.0. The van der Waals surface area contributed by atoms with Crippen LogP contribution < -0.4 is 16.4 Å². The molecule has 2 saturated heterocycles. The summed E-state index contributed by atoms with van der Waals surface area (Å²) < 4.78 is 18.9. The number of methoxy groups -OCH3 is 1. The van der Waals surface area contributed by atoms with Crippen LogP contribution in [-0.4, -0.2) is 54.8 Å². The van der Waals surface area contributed by atoms with Crippen LogP contribution >= 0.6 is 0 Å². The molecule has 1 spiro atoms. The summed E-state index contributed by atoms with van der Waals surface area (Å²) in [5.74, 6) is -4.95. The lowest BCUT2D eigenvalue weighted by molar-refractivity contribution is -0.143. The molecule has 4 rings (SSSR count). The number of amides is 4. The predicted molar refractivity (Wildman–Crippen MR) is 93.0 cm³/mol. The highest BCUT2D eigenvalue weighted by Gasteiger charge is 2.70. The zero-order valence-corrected chi connectivity index (χ0v) is 15.0. The average molecular weight is 390 g/mol. The Kier molecular flexibility index (Phi) is 4.20. The van der Waals surface area contributed by atoms with Gasteiger partial charge in [-0.1, -0.05) is 0 Å². The Morgan fingerprint density at radius 2 is 2.07 bits per heavy atom. The fraction of sp³-hybridized carbons (Fsp3) is 0.444. The van der Waals surface area contributed by atoms with Crippen LogP contribution in [0.4, 0.5) is 10.1 Å². The van der Waals surface area contributed by atoms with Gasteiger partial charge in [-0.25, -0.2) is 4.39 Å². The maximum atomic E-state index is 14.0. The Bertz CT molecular complexity index is 906. The number of imide groups is 1. The lowest BCUT2D eigenvalue weighted by Gasteiger charge is -2.29. The third kappa shape index (κ3) is 2.38. The van der Waals surface area contributed by atoms with Crippen molar-refractivity contribution in [1.82, 2.24) is 10.2 Å². The molecule has 0 aromatic heterocycles. The molecule has 3 heterocycles. The van der Waals surface area contributed by atoms with Crippen molar-refractivity contribution in [2.45, 2.75) is 18.0 Å². The lowest BCUT2D eigenvalue weighted by atomic mass is 9.76. The smallest absolute Gasteiger partial charge is 0.250 e. The fourth-order valence-corrected chi connectivity index (χ4v) is 4.63. The van der Waals surface area contributed by atoms with Gasteiger partial charge in [-0.2, -0.15) is 0 Å².